The number of benzene rings is 1. The van der Waals surface area contributed by atoms with Gasteiger partial charge >= 0.3 is 0 Å². The van der Waals surface area contributed by atoms with E-state index in [1.807, 2.05) is 31.2 Å². The maximum atomic E-state index is 12.0. The van der Waals surface area contributed by atoms with Crippen LogP contribution in [0.3, 0.4) is 0 Å². The van der Waals surface area contributed by atoms with Crippen LogP contribution in [0.25, 0.3) is 0 Å². The van der Waals surface area contributed by atoms with Gasteiger partial charge in [0.25, 0.3) is 0 Å². The van der Waals surface area contributed by atoms with Crippen LogP contribution in [0.5, 0.6) is 0 Å². The predicted molar refractivity (Wildman–Crippen MR) is 66.4 cm³/mol. The van der Waals surface area contributed by atoms with Crippen molar-refractivity contribution in [3.8, 4) is 0 Å². The summed E-state index contributed by atoms with van der Waals surface area (Å²) in [5.74, 6) is 0.360. The summed E-state index contributed by atoms with van der Waals surface area (Å²) in [7, 11) is -1.16. The molecule has 2 rings (SSSR count). The van der Waals surface area contributed by atoms with Crippen molar-refractivity contribution in [3.05, 3.63) is 29.8 Å². The van der Waals surface area contributed by atoms with Gasteiger partial charge in [0.15, 0.2) is 5.78 Å². The minimum Gasteiger partial charge on any atom is -0.369 e. The molecule has 0 N–H and O–H groups in total. The monoisotopic (exact) mass is 252 g/mol. The second-order valence-corrected chi connectivity index (χ2v) is 5.75. The highest BCUT2D eigenvalue weighted by Gasteiger charge is 2.25. The predicted octanol–water partition coefficient (Wildman–Crippen LogP) is 1.85. The summed E-state index contributed by atoms with van der Waals surface area (Å²) in [6.07, 6.45) is 0.855. The Morgan fingerprint density at radius 3 is 2.71 bits per heavy atom. The molecule has 0 aromatic heterocycles. The second-order valence-electron chi connectivity index (χ2n) is 4.25. The molecule has 1 unspecified atom stereocenters. The lowest BCUT2D eigenvalue weighted by atomic mass is 10.1. The number of hydrogen-bond donors (Lipinski definition) is 0. The lowest BCUT2D eigenvalue weighted by Gasteiger charge is -2.20. The van der Waals surface area contributed by atoms with Crippen LogP contribution >= 0.6 is 0 Å². The minimum absolute atomic E-state index is 0.0803. The SMILES string of the molecule is Cc1ccc(S(=O)C[C@H]2OCCCC2=O)cc1. The number of hydrogen-bond acceptors (Lipinski definition) is 3. The van der Waals surface area contributed by atoms with Crippen molar-refractivity contribution in [1.82, 2.24) is 0 Å². The highest BCUT2D eigenvalue weighted by atomic mass is 32.2. The first-order chi connectivity index (χ1) is 8.16. The van der Waals surface area contributed by atoms with E-state index in [1.54, 1.807) is 0 Å². The number of aryl methyl sites for hydroxylation is 1. The summed E-state index contributed by atoms with van der Waals surface area (Å²) >= 11 is 0. The third-order valence-electron chi connectivity index (χ3n) is 2.83. The molecule has 0 saturated carbocycles. The van der Waals surface area contributed by atoms with Crippen LogP contribution in [0, 0.1) is 6.92 Å². The van der Waals surface area contributed by atoms with Crippen molar-refractivity contribution in [2.45, 2.75) is 30.8 Å². The van der Waals surface area contributed by atoms with Crippen molar-refractivity contribution in [3.63, 3.8) is 0 Å². The molecule has 92 valence electrons. The number of carbonyl (C=O) groups is 1. The average molecular weight is 252 g/mol. The Balaban J connectivity index is 2.01. The van der Waals surface area contributed by atoms with E-state index in [2.05, 4.69) is 0 Å². The Hall–Kier alpha value is -1.00. The van der Waals surface area contributed by atoms with E-state index in [4.69, 9.17) is 4.74 Å². The third-order valence-corrected chi connectivity index (χ3v) is 4.24. The first-order valence-corrected chi connectivity index (χ1v) is 7.08. The van der Waals surface area contributed by atoms with Crippen LogP contribution in [-0.2, 0) is 20.3 Å². The molecule has 2 atom stereocenters. The quantitative estimate of drug-likeness (QED) is 0.824. The van der Waals surface area contributed by atoms with Gasteiger partial charge in [-0.3, -0.25) is 9.00 Å². The average Bonchev–Trinajstić information content (AvgIpc) is 2.33. The molecule has 1 aliphatic rings. The number of ketones is 1. The smallest absolute Gasteiger partial charge is 0.162 e. The molecular formula is C13H16O3S. The van der Waals surface area contributed by atoms with Gasteiger partial charge in [-0.1, -0.05) is 17.7 Å². The molecule has 1 fully saturated rings. The molecule has 1 saturated heterocycles. The van der Waals surface area contributed by atoms with E-state index < -0.39 is 16.9 Å². The van der Waals surface area contributed by atoms with Crippen molar-refractivity contribution < 1.29 is 13.7 Å². The summed E-state index contributed by atoms with van der Waals surface area (Å²) in [5.41, 5.74) is 1.13. The molecule has 1 aromatic rings. The molecule has 0 bridgehead atoms. The van der Waals surface area contributed by atoms with E-state index >= 15 is 0 Å². The Bertz CT molecular complexity index is 425. The van der Waals surface area contributed by atoms with Gasteiger partial charge in [-0.25, -0.2) is 0 Å². The minimum atomic E-state index is -1.16. The van der Waals surface area contributed by atoms with Gasteiger partial charge in [0, 0.05) is 17.9 Å². The number of ether oxygens (including phenoxy) is 1. The third kappa shape index (κ3) is 3.23. The molecule has 0 amide bonds. The standard InChI is InChI=1S/C13H16O3S/c1-10-4-6-11(7-5-10)17(15)9-13-12(14)3-2-8-16-13/h4-7,13H,2-3,8-9H2,1H3/t13-,17?/m1/s1. The van der Waals surface area contributed by atoms with E-state index in [0.29, 0.717) is 13.0 Å². The van der Waals surface area contributed by atoms with E-state index in [1.165, 1.54) is 0 Å². The maximum absolute atomic E-state index is 12.0. The van der Waals surface area contributed by atoms with Crippen LogP contribution in [0.4, 0.5) is 0 Å². The summed E-state index contributed by atoms with van der Waals surface area (Å²) in [6, 6.07) is 7.55. The highest BCUT2D eigenvalue weighted by Crippen LogP contribution is 2.14. The molecule has 1 aromatic carbocycles. The molecule has 0 radical (unpaired) electrons. The Morgan fingerprint density at radius 1 is 1.35 bits per heavy atom. The van der Waals surface area contributed by atoms with E-state index in [9.17, 15) is 9.00 Å². The van der Waals surface area contributed by atoms with Crippen molar-refractivity contribution in [1.29, 1.82) is 0 Å². The van der Waals surface area contributed by atoms with Crippen LogP contribution < -0.4 is 0 Å². The van der Waals surface area contributed by atoms with Gasteiger partial charge < -0.3 is 4.74 Å². The topological polar surface area (TPSA) is 43.4 Å². The summed E-state index contributed by atoms with van der Waals surface area (Å²) < 4.78 is 17.4. The summed E-state index contributed by atoms with van der Waals surface area (Å²) in [6.45, 7) is 2.59. The van der Waals surface area contributed by atoms with Crippen molar-refractivity contribution >= 4 is 16.6 Å². The van der Waals surface area contributed by atoms with Gasteiger partial charge in [-0.15, -0.1) is 0 Å². The van der Waals surface area contributed by atoms with Crippen molar-refractivity contribution in [2.75, 3.05) is 12.4 Å². The molecule has 4 heteroatoms. The summed E-state index contributed by atoms with van der Waals surface area (Å²) in [5, 5.41) is 0. The van der Waals surface area contributed by atoms with Gasteiger partial charge in [-0.05, 0) is 25.5 Å². The van der Waals surface area contributed by atoms with Crippen LogP contribution in [-0.4, -0.2) is 28.5 Å². The van der Waals surface area contributed by atoms with Crippen LogP contribution in [0.2, 0.25) is 0 Å². The lowest BCUT2D eigenvalue weighted by molar-refractivity contribution is -0.133. The van der Waals surface area contributed by atoms with Crippen LogP contribution in [0.1, 0.15) is 18.4 Å². The zero-order chi connectivity index (χ0) is 12.3. The molecule has 1 aliphatic heterocycles. The normalized spacial score (nSPS) is 22.4. The Labute approximate surface area is 104 Å². The van der Waals surface area contributed by atoms with E-state index in [0.717, 1.165) is 16.9 Å². The number of rotatable bonds is 3. The first-order valence-electron chi connectivity index (χ1n) is 5.76. The van der Waals surface area contributed by atoms with Gasteiger partial charge in [0.05, 0.1) is 16.6 Å². The molecule has 0 aliphatic carbocycles. The first kappa shape index (κ1) is 12.5. The number of Topliss-reactive ketones (excluding diaryl/α,β-unsaturated/α-hetero) is 1. The Kier molecular flexibility index (Phi) is 4.07. The maximum Gasteiger partial charge on any atom is 0.162 e. The second kappa shape index (κ2) is 5.56. The number of carbonyl (C=O) groups excluding carboxylic acids is 1. The van der Waals surface area contributed by atoms with Gasteiger partial charge in [0.2, 0.25) is 0 Å². The molecule has 1 heterocycles. The zero-order valence-electron chi connectivity index (χ0n) is 9.85. The Morgan fingerprint density at radius 2 is 2.06 bits per heavy atom. The molecule has 3 nitrogen and oxygen atoms in total. The van der Waals surface area contributed by atoms with E-state index in [-0.39, 0.29) is 11.5 Å². The zero-order valence-corrected chi connectivity index (χ0v) is 10.7. The fourth-order valence-corrected chi connectivity index (χ4v) is 2.98. The molecular weight excluding hydrogens is 236 g/mol. The summed E-state index contributed by atoms with van der Waals surface area (Å²) in [4.78, 5) is 12.3. The van der Waals surface area contributed by atoms with Gasteiger partial charge in [-0.2, -0.15) is 0 Å². The largest absolute Gasteiger partial charge is 0.369 e. The molecule has 0 spiro atoms. The highest BCUT2D eigenvalue weighted by molar-refractivity contribution is 7.85. The molecule has 17 heavy (non-hydrogen) atoms. The fraction of sp³-hybridized carbons (Fsp3) is 0.462. The lowest BCUT2D eigenvalue weighted by Crippen LogP contribution is -2.34. The van der Waals surface area contributed by atoms with Crippen molar-refractivity contribution in [2.24, 2.45) is 0 Å². The fourth-order valence-electron chi connectivity index (χ4n) is 1.79. The van der Waals surface area contributed by atoms with Crippen LogP contribution in [0.15, 0.2) is 29.2 Å². The van der Waals surface area contributed by atoms with Gasteiger partial charge in [0.1, 0.15) is 6.10 Å².